The van der Waals surface area contributed by atoms with Gasteiger partial charge in [-0.15, -0.1) is 11.3 Å². The molecule has 0 saturated carbocycles. The van der Waals surface area contributed by atoms with Crippen LogP contribution in [0.1, 0.15) is 27.2 Å². The molecule has 0 N–H and O–H groups in total. The molecule has 0 amide bonds. The van der Waals surface area contributed by atoms with Gasteiger partial charge in [0.05, 0.1) is 9.88 Å². The topological polar surface area (TPSA) is 30.0 Å². The number of Topliss-reactive ketones (excluding diaryl/α,β-unsaturated/α-hetero) is 1. The molecular weight excluding hydrogens is 225 g/mol. The Balaban J connectivity index is 2.14. The van der Waals surface area contributed by atoms with E-state index >= 15 is 0 Å². The highest BCUT2D eigenvalue weighted by Gasteiger charge is 2.06. The number of aromatic nitrogens is 1. The predicted molar refractivity (Wildman–Crippen MR) is 61.3 cm³/mol. The number of benzene rings is 1. The van der Waals surface area contributed by atoms with E-state index < -0.39 is 0 Å². The van der Waals surface area contributed by atoms with Gasteiger partial charge in [0.2, 0.25) is 0 Å². The molecule has 4 heteroatoms. The molecular formula is C12H10FNOS. The summed E-state index contributed by atoms with van der Waals surface area (Å²) in [4.78, 5) is 15.9. The molecule has 1 aromatic heterocycles. The van der Waals surface area contributed by atoms with Crippen molar-refractivity contribution in [3.63, 3.8) is 0 Å². The molecule has 0 bridgehead atoms. The maximum Gasteiger partial charge on any atom is 0.171 e. The average molecular weight is 235 g/mol. The van der Waals surface area contributed by atoms with Crippen molar-refractivity contribution in [1.29, 1.82) is 0 Å². The first kappa shape index (κ1) is 11.0. The van der Waals surface area contributed by atoms with Crippen LogP contribution in [0.4, 0.5) is 4.39 Å². The zero-order chi connectivity index (χ0) is 11.5. The Kier molecular flexibility index (Phi) is 3.10. The van der Waals surface area contributed by atoms with Crippen molar-refractivity contribution in [3.8, 4) is 0 Å². The quantitative estimate of drug-likeness (QED) is 0.765. The summed E-state index contributed by atoms with van der Waals surface area (Å²) in [5.74, 6) is -0.213. The Morgan fingerprint density at radius 2 is 2.06 bits per heavy atom. The number of nitrogens with zero attached hydrogens (tertiary/aromatic N) is 1. The molecule has 0 saturated heterocycles. The highest BCUT2D eigenvalue weighted by molar-refractivity contribution is 7.13. The van der Waals surface area contributed by atoms with Gasteiger partial charge in [0, 0.05) is 19.5 Å². The SMILES string of the molecule is CC(=O)c1cnc(Cc2ccc(F)cc2)s1. The van der Waals surface area contributed by atoms with Gasteiger partial charge in [-0.2, -0.15) is 0 Å². The Labute approximate surface area is 96.8 Å². The fraction of sp³-hybridized carbons (Fsp3) is 0.167. The van der Waals surface area contributed by atoms with Crippen LogP contribution in [0.2, 0.25) is 0 Å². The van der Waals surface area contributed by atoms with Gasteiger partial charge in [-0.25, -0.2) is 9.37 Å². The molecule has 0 aliphatic carbocycles. The minimum Gasteiger partial charge on any atom is -0.294 e. The number of thiazole rings is 1. The first-order valence-electron chi connectivity index (χ1n) is 4.85. The normalized spacial score (nSPS) is 10.4. The largest absolute Gasteiger partial charge is 0.294 e. The van der Waals surface area contributed by atoms with Crippen LogP contribution >= 0.6 is 11.3 Å². The zero-order valence-electron chi connectivity index (χ0n) is 8.74. The van der Waals surface area contributed by atoms with Crippen LogP contribution in [0.5, 0.6) is 0 Å². The number of hydrogen-bond acceptors (Lipinski definition) is 3. The third-order valence-electron chi connectivity index (χ3n) is 2.17. The highest BCUT2D eigenvalue weighted by atomic mass is 32.1. The van der Waals surface area contributed by atoms with Gasteiger partial charge in [0.25, 0.3) is 0 Å². The van der Waals surface area contributed by atoms with Crippen LogP contribution in [0, 0.1) is 5.82 Å². The zero-order valence-corrected chi connectivity index (χ0v) is 9.55. The van der Waals surface area contributed by atoms with Crippen molar-refractivity contribution in [3.05, 3.63) is 51.7 Å². The van der Waals surface area contributed by atoms with Crippen LogP contribution in [0.25, 0.3) is 0 Å². The van der Waals surface area contributed by atoms with Crippen LogP contribution in [0.15, 0.2) is 30.5 Å². The molecule has 0 unspecified atom stereocenters. The summed E-state index contributed by atoms with van der Waals surface area (Å²) >= 11 is 1.39. The summed E-state index contributed by atoms with van der Waals surface area (Å²) in [5, 5.41) is 0.872. The summed E-state index contributed by atoms with van der Waals surface area (Å²) < 4.78 is 12.7. The molecule has 0 spiro atoms. The van der Waals surface area contributed by atoms with E-state index in [1.54, 1.807) is 18.3 Å². The average Bonchev–Trinajstić information content (AvgIpc) is 2.70. The lowest BCUT2D eigenvalue weighted by atomic mass is 10.2. The number of carbonyl (C=O) groups excluding carboxylic acids is 1. The highest BCUT2D eigenvalue weighted by Crippen LogP contribution is 2.17. The van der Waals surface area contributed by atoms with E-state index in [9.17, 15) is 9.18 Å². The fourth-order valence-corrected chi connectivity index (χ4v) is 2.18. The standard InChI is InChI=1S/C12H10FNOS/c1-8(15)11-7-14-12(16-11)6-9-2-4-10(13)5-3-9/h2-5,7H,6H2,1H3. The number of ketones is 1. The van der Waals surface area contributed by atoms with Crippen LogP contribution in [-0.2, 0) is 6.42 Å². The van der Waals surface area contributed by atoms with Crippen molar-refractivity contribution in [2.75, 3.05) is 0 Å². The molecule has 2 nitrogen and oxygen atoms in total. The molecule has 1 aromatic carbocycles. The van der Waals surface area contributed by atoms with E-state index in [1.165, 1.54) is 30.4 Å². The minimum atomic E-state index is -0.243. The summed E-state index contributed by atoms with van der Waals surface area (Å²) in [6.45, 7) is 1.52. The van der Waals surface area contributed by atoms with E-state index in [0.29, 0.717) is 11.3 Å². The van der Waals surface area contributed by atoms with Gasteiger partial charge in [-0.3, -0.25) is 4.79 Å². The van der Waals surface area contributed by atoms with Gasteiger partial charge in [0.15, 0.2) is 5.78 Å². The van der Waals surface area contributed by atoms with Gasteiger partial charge in [-0.1, -0.05) is 12.1 Å². The van der Waals surface area contributed by atoms with E-state index in [-0.39, 0.29) is 11.6 Å². The summed E-state index contributed by atoms with van der Waals surface area (Å²) in [6, 6.07) is 6.30. The molecule has 82 valence electrons. The smallest absolute Gasteiger partial charge is 0.171 e. The lowest BCUT2D eigenvalue weighted by molar-refractivity contribution is 0.102. The van der Waals surface area contributed by atoms with Gasteiger partial charge >= 0.3 is 0 Å². The van der Waals surface area contributed by atoms with Crippen molar-refractivity contribution in [2.24, 2.45) is 0 Å². The maximum absolute atomic E-state index is 12.7. The summed E-state index contributed by atoms with van der Waals surface area (Å²) in [5.41, 5.74) is 0.992. The number of rotatable bonds is 3. The number of carbonyl (C=O) groups is 1. The molecule has 0 atom stereocenters. The minimum absolute atomic E-state index is 0.0304. The monoisotopic (exact) mass is 235 g/mol. The lowest BCUT2D eigenvalue weighted by Crippen LogP contribution is -1.86. The third kappa shape index (κ3) is 2.52. The Morgan fingerprint density at radius 1 is 1.38 bits per heavy atom. The van der Waals surface area contributed by atoms with Crippen LogP contribution in [-0.4, -0.2) is 10.8 Å². The first-order chi connectivity index (χ1) is 7.65. The molecule has 0 radical (unpaired) electrons. The fourth-order valence-electron chi connectivity index (χ4n) is 1.33. The van der Waals surface area contributed by atoms with Gasteiger partial charge in [0.1, 0.15) is 5.82 Å². The van der Waals surface area contributed by atoms with E-state index in [0.717, 1.165) is 10.6 Å². The summed E-state index contributed by atoms with van der Waals surface area (Å²) in [7, 11) is 0. The van der Waals surface area contributed by atoms with E-state index in [1.807, 2.05) is 0 Å². The second kappa shape index (κ2) is 4.53. The number of hydrogen-bond donors (Lipinski definition) is 0. The first-order valence-corrected chi connectivity index (χ1v) is 5.67. The van der Waals surface area contributed by atoms with Crippen LogP contribution in [0.3, 0.4) is 0 Å². The Morgan fingerprint density at radius 3 is 2.62 bits per heavy atom. The van der Waals surface area contributed by atoms with Gasteiger partial charge < -0.3 is 0 Å². The molecule has 0 fully saturated rings. The van der Waals surface area contributed by atoms with E-state index in [4.69, 9.17) is 0 Å². The van der Waals surface area contributed by atoms with Crippen molar-refractivity contribution in [1.82, 2.24) is 4.98 Å². The Hall–Kier alpha value is -1.55. The molecule has 0 aliphatic rings. The molecule has 16 heavy (non-hydrogen) atoms. The Bertz CT molecular complexity index is 504. The van der Waals surface area contributed by atoms with Gasteiger partial charge in [-0.05, 0) is 17.7 Å². The molecule has 2 rings (SSSR count). The molecule has 0 aliphatic heterocycles. The predicted octanol–water partition coefficient (Wildman–Crippen LogP) is 3.08. The van der Waals surface area contributed by atoms with Crippen LogP contribution < -0.4 is 0 Å². The molecule has 1 heterocycles. The van der Waals surface area contributed by atoms with E-state index in [2.05, 4.69) is 4.98 Å². The van der Waals surface area contributed by atoms with Crippen molar-refractivity contribution in [2.45, 2.75) is 13.3 Å². The van der Waals surface area contributed by atoms with Crippen molar-refractivity contribution >= 4 is 17.1 Å². The second-order valence-corrected chi connectivity index (χ2v) is 4.59. The summed E-state index contributed by atoms with van der Waals surface area (Å²) in [6.07, 6.45) is 2.23. The number of halogens is 1. The molecule has 2 aromatic rings. The maximum atomic E-state index is 12.7. The van der Waals surface area contributed by atoms with Crippen molar-refractivity contribution < 1.29 is 9.18 Å². The third-order valence-corrected chi connectivity index (χ3v) is 3.27. The second-order valence-electron chi connectivity index (χ2n) is 3.48. The lowest BCUT2D eigenvalue weighted by Gasteiger charge is -1.96.